The molecule has 20 heavy (non-hydrogen) atoms. The van der Waals surface area contributed by atoms with Crippen LogP contribution in [0.5, 0.6) is 0 Å². The van der Waals surface area contributed by atoms with Crippen LogP contribution in [0.15, 0.2) is 36.4 Å². The summed E-state index contributed by atoms with van der Waals surface area (Å²) >= 11 is 0. The first kappa shape index (κ1) is 14.3. The zero-order valence-corrected chi connectivity index (χ0v) is 11.7. The molecule has 0 radical (unpaired) electrons. The van der Waals surface area contributed by atoms with E-state index in [1.54, 1.807) is 6.07 Å². The summed E-state index contributed by atoms with van der Waals surface area (Å²) in [4.78, 5) is 10.7. The fourth-order valence-electron chi connectivity index (χ4n) is 2.02. The van der Waals surface area contributed by atoms with Crippen LogP contribution < -0.4 is 10.6 Å². The van der Waals surface area contributed by atoms with Gasteiger partial charge in [-0.15, -0.1) is 0 Å². The van der Waals surface area contributed by atoms with Gasteiger partial charge >= 0.3 is 0 Å². The maximum absolute atomic E-state index is 9.26. The van der Waals surface area contributed by atoms with E-state index in [4.69, 9.17) is 5.73 Å². The Bertz CT molecular complexity index is 545. The monoisotopic (exact) mass is 272 g/mol. The second kappa shape index (κ2) is 6.86. The van der Waals surface area contributed by atoms with Crippen LogP contribution in [0, 0.1) is 0 Å². The lowest BCUT2D eigenvalue weighted by Gasteiger charge is -2.23. The van der Waals surface area contributed by atoms with Gasteiger partial charge in [0.1, 0.15) is 17.5 Å². The third kappa shape index (κ3) is 3.68. The van der Waals surface area contributed by atoms with Gasteiger partial charge in [-0.05, 0) is 5.56 Å². The van der Waals surface area contributed by atoms with Gasteiger partial charge in [-0.25, -0.2) is 9.97 Å². The van der Waals surface area contributed by atoms with E-state index < -0.39 is 0 Å². The Morgan fingerprint density at radius 1 is 1.20 bits per heavy atom. The smallest absolute Gasteiger partial charge is 0.134 e. The predicted molar refractivity (Wildman–Crippen MR) is 80.4 cm³/mol. The van der Waals surface area contributed by atoms with Crippen LogP contribution in [0.3, 0.4) is 0 Å². The van der Waals surface area contributed by atoms with Gasteiger partial charge in [0.05, 0.1) is 6.61 Å². The van der Waals surface area contributed by atoms with Crippen molar-refractivity contribution in [3.05, 3.63) is 47.8 Å². The fourth-order valence-corrected chi connectivity index (χ4v) is 2.02. The molecule has 0 aliphatic rings. The molecule has 0 aliphatic carbocycles. The van der Waals surface area contributed by atoms with Gasteiger partial charge in [-0.1, -0.05) is 37.3 Å². The van der Waals surface area contributed by atoms with E-state index in [1.165, 1.54) is 0 Å². The van der Waals surface area contributed by atoms with Crippen LogP contribution in [-0.2, 0) is 13.0 Å². The molecule has 3 N–H and O–H groups in total. The lowest BCUT2D eigenvalue weighted by molar-refractivity contribution is 0.301. The Hall–Kier alpha value is -2.14. The standard InChI is InChI=1S/C15H20N4O/c1-2-14-17-13(16)10-15(18-14)19(8-9-20)11-12-6-4-3-5-7-12/h3-7,10,20H,2,8-9,11H2,1H3,(H2,16,17,18). The summed E-state index contributed by atoms with van der Waals surface area (Å²) in [7, 11) is 0. The van der Waals surface area contributed by atoms with Crippen molar-refractivity contribution in [1.29, 1.82) is 0 Å². The molecule has 1 aromatic carbocycles. The van der Waals surface area contributed by atoms with Crippen molar-refractivity contribution >= 4 is 11.6 Å². The number of hydrogen-bond acceptors (Lipinski definition) is 5. The van der Waals surface area contributed by atoms with E-state index in [0.29, 0.717) is 18.9 Å². The van der Waals surface area contributed by atoms with Gasteiger partial charge in [-0.2, -0.15) is 0 Å². The maximum atomic E-state index is 9.26. The van der Waals surface area contributed by atoms with Crippen LogP contribution in [0.1, 0.15) is 18.3 Å². The Morgan fingerprint density at radius 2 is 1.95 bits per heavy atom. The summed E-state index contributed by atoms with van der Waals surface area (Å²) in [6.45, 7) is 3.25. The number of nitrogens with two attached hydrogens (primary N) is 1. The number of aliphatic hydroxyl groups is 1. The summed E-state index contributed by atoms with van der Waals surface area (Å²) in [5, 5.41) is 9.26. The molecule has 106 valence electrons. The molecule has 0 aliphatic heterocycles. The fraction of sp³-hybridized carbons (Fsp3) is 0.333. The zero-order chi connectivity index (χ0) is 14.4. The van der Waals surface area contributed by atoms with Crippen LogP contribution in [-0.4, -0.2) is 28.2 Å². The first-order chi connectivity index (χ1) is 9.72. The molecule has 2 aromatic rings. The van der Waals surface area contributed by atoms with Crippen molar-refractivity contribution in [2.24, 2.45) is 0 Å². The van der Waals surface area contributed by atoms with Crippen molar-refractivity contribution in [3.63, 3.8) is 0 Å². The van der Waals surface area contributed by atoms with Crippen LogP contribution >= 0.6 is 0 Å². The number of nitrogens with zero attached hydrogens (tertiary/aromatic N) is 3. The van der Waals surface area contributed by atoms with Crippen LogP contribution in [0.25, 0.3) is 0 Å². The van der Waals surface area contributed by atoms with E-state index in [9.17, 15) is 5.11 Å². The molecule has 1 heterocycles. The average Bonchev–Trinajstić information content (AvgIpc) is 2.47. The number of nitrogen functional groups attached to an aromatic ring is 1. The van der Waals surface area contributed by atoms with Gasteiger partial charge in [-0.3, -0.25) is 0 Å². The van der Waals surface area contributed by atoms with Gasteiger partial charge in [0.2, 0.25) is 0 Å². The molecule has 0 amide bonds. The highest BCUT2D eigenvalue weighted by molar-refractivity contribution is 5.47. The van der Waals surface area contributed by atoms with Crippen molar-refractivity contribution in [3.8, 4) is 0 Å². The number of aliphatic hydroxyl groups excluding tert-OH is 1. The molecule has 0 bridgehead atoms. The molecule has 5 heteroatoms. The van der Waals surface area contributed by atoms with Crippen LogP contribution in [0.4, 0.5) is 11.6 Å². The number of aryl methyl sites for hydroxylation is 1. The number of hydrogen-bond donors (Lipinski definition) is 2. The Balaban J connectivity index is 2.26. The van der Waals surface area contributed by atoms with Gasteiger partial charge < -0.3 is 15.7 Å². The lowest BCUT2D eigenvalue weighted by atomic mass is 10.2. The van der Waals surface area contributed by atoms with Gasteiger partial charge in [0.25, 0.3) is 0 Å². The maximum Gasteiger partial charge on any atom is 0.134 e. The first-order valence-corrected chi connectivity index (χ1v) is 6.76. The van der Waals surface area contributed by atoms with E-state index in [1.807, 2.05) is 30.0 Å². The van der Waals surface area contributed by atoms with Crippen LogP contribution in [0.2, 0.25) is 0 Å². The average molecular weight is 272 g/mol. The van der Waals surface area contributed by atoms with Crippen molar-refractivity contribution in [1.82, 2.24) is 9.97 Å². The molecule has 0 spiro atoms. The molecular weight excluding hydrogens is 252 g/mol. The number of aromatic nitrogens is 2. The minimum absolute atomic E-state index is 0.0677. The molecule has 0 saturated carbocycles. The summed E-state index contributed by atoms with van der Waals surface area (Å²) < 4.78 is 0. The molecule has 0 saturated heterocycles. The minimum Gasteiger partial charge on any atom is -0.395 e. The first-order valence-electron chi connectivity index (χ1n) is 6.76. The van der Waals surface area contributed by atoms with Crippen molar-refractivity contribution < 1.29 is 5.11 Å². The van der Waals surface area contributed by atoms with E-state index in [0.717, 1.165) is 23.6 Å². The largest absolute Gasteiger partial charge is 0.395 e. The van der Waals surface area contributed by atoms with Crippen molar-refractivity contribution in [2.45, 2.75) is 19.9 Å². The Morgan fingerprint density at radius 3 is 2.60 bits per heavy atom. The topological polar surface area (TPSA) is 75.3 Å². The second-order valence-electron chi connectivity index (χ2n) is 4.55. The summed E-state index contributed by atoms with van der Waals surface area (Å²) in [6, 6.07) is 11.8. The number of benzene rings is 1. The zero-order valence-electron chi connectivity index (χ0n) is 11.7. The summed E-state index contributed by atoms with van der Waals surface area (Å²) in [6.07, 6.45) is 0.732. The minimum atomic E-state index is 0.0677. The summed E-state index contributed by atoms with van der Waals surface area (Å²) in [5.41, 5.74) is 6.99. The van der Waals surface area contributed by atoms with Crippen molar-refractivity contribution in [2.75, 3.05) is 23.8 Å². The molecule has 0 fully saturated rings. The highest BCUT2D eigenvalue weighted by Gasteiger charge is 2.10. The second-order valence-corrected chi connectivity index (χ2v) is 4.55. The van der Waals surface area contributed by atoms with E-state index in [-0.39, 0.29) is 6.61 Å². The number of rotatable bonds is 6. The molecule has 2 rings (SSSR count). The molecule has 0 atom stereocenters. The van der Waals surface area contributed by atoms with Gasteiger partial charge in [0.15, 0.2) is 0 Å². The lowest BCUT2D eigenvalue weighted by Crippen LogP contribution is -2.27. The Labute approximate surface area is 119 Å². The number of anilines is 2. The summed E-state index contributed by atoms with van der Waals surface area (Å²) in [5.74, 6) is 1.94. The predicted octanol–water partition coefficient (Wildman–Crippen LogP) is 1.62. The normalized spacial score (nSPS) is 10.5. The SMILES string of the molecule is CCc1nc(N)cc(N(CCO)Cc2ccccc2)n1. The third-order valence-electron chi connectivity index (χ3n) is 3.01. The Kier molecular flexibility index (Phi) is 4.90. The molecule has 5 nitrogen and oxygen atoms in total. The van der Waals surface area contributed by atoms with Gasteiger partial charge in [0, 0.05) is 25.6 Å². The third-order valence-corrected chi connectivity index (χ3v) is 3.01. The quantitative estimate of drug-likeness (QED) is 0.835. The molecular formula is C15H20N4O. The molecule has 1 aromatic heterocycles. The highest BCUT2D eigenvalue weighted by Crippen LogP contribution is 2.17. The van der Waals surface area contributed by atoms with E-state index >= 15 is 0 Å². The highest BCUT2D eigenvalue weighted by atomic mass is 16.3. The van der Waals surface area contributed by atoms with E-state index in [2.05, 4.69) is 22.1 Å². The molecule has 0 unspecified atom stereocenters.